The molecule has 1 aliphatic rings. The van der Waals surface area contributed by atoms with Crippen LogP contribution in [-0.2, 0) is 6.42 Å². The Morgan fingerprint density at radius 2 is 1.94 bits per heavy atom. The highest BCUT2D eigenvalue weighted by Crippen LogP contribution is 2.32. The lowest BCUT2D eigenvalue weighted by Crippen LogP contribution is -2.18. The molecule has 1 aromatic carbocycles. The van der Waals surface area contributed by atoms with E-state index in [2.05, 4.69) is 34.1 Å². The molecule has 92 valence electrons. The lowest BCUT2D eigenvalue weighted by atomic mass is 10.1. The van der Waals surface area contributed by atoms with Crippen molar-refractivity contribution in [3.8, 4) is 0 Å². The molecule has 1 aromatic heterocycles. The molecule has 0 atom stereocenters. The van der Waals surface area contributed by atoms with Gasteiger partial charge in [0, 0.05) is 12.2 Å². The topological polar surface area (TPSA) is 42.1 Å². The van der Waals surface area contributed by atoms with Crippen LogP contribution in [0.4, 0.5) is 17.2 Å². The predicted molar refractivity (Wildman–Crippen MR) is 75.0 cm³/mol. The van der Waals surface area contributed by atoms with Gasteiger partial charge in [0.2, 0.25) is 0 Å². The summed E-state index contributed by atoms with van der Waals surface area (Å²) in [5.41, 5.74) is 9.51. The number of nitrogens with zero attached hydrogens (tertiary/aromatic N) is 2. The van der Waals surface area contributed by atoms with Crippen LogP contribution >= 0.6 is 0 Å². The number of para-hydroxylation sites is 1. The van der Waals surface area contributed by atoms with Crippen LogP contribution in [0.5, 0.6) is 0 Å². The van der Waals surface area contributed by atoms with E-state index in [-0.39, 0.29) is 0 Å². The maximum Gasteiger partial charge on any atom is 0.123 e. The van der Waals surface area contributed by atoms with Crippen molar-refractivity contribution < 1.29 is 0 Å². The Balaban J connectivity index is 2.03. The summed E-state index contributed by atoms with van der Waals surface area (Å²) in [5.74, 6) is 0.571. The summed E-state index contributed by atoms with van der Waals surface area (Å²) < 4.78 is 0. The van der Waals surface area contributed by atoms with Crippen LogP contribution in [0.15, 0.2) is 42.6 Å². The third-order valence-corrected chi connectivity index (χ3v) is 3.44. The zero-order valence-corrected chi connectivity index (χ0v) is 10.3. The van der Waals surface area contributed by atoms with E-state index < -0.39 is 0 Å². The zero-order valence-electron chi connectivity index (χ0n) is 10.3. The fourth-order valence-corrected chi connectivity index (χ4v) is 2.52. The number of hydrogen-bond donors (Lipinski definition) is 1. The van der Waals surface area contributed by atoms with Gasteiger partial charge in [-0.1, -0.05) is 18.2 Å². The number of pyridine rings is 1. The summed E-state index contributed by atoms with van der Waals surface area (Å²) in [6, 6.07) is 12.5. The summed E-state index contributed by atoms with van der Waals surface area (Å²) in [6.07, 6.45) is 5.47. The van der Waals surface area contributed by atoms with Crippen LogP contribution in [0.25, 0.3) is 0 Å². The number of nitrogens with two attached hydrogens (primary N) is 1. The smallest absolute Gasteiger partial charge is 0.123 e. The van der Waals surface area contributed by atoms with Crippen molar-refractivity contribution in [1.82, 2.24) is 4.98 Å². The number of aromatic nitrogens is 1. The molecule has 3 rings (SSSR count). The molecular formula is C15H17N3. The Morgan fingerprint density at radius 3 is 2.78 bits per heavy atom. The predicted octanol–water partition coefficient (Wildman–Crippen LogP) is 3.14. The summed E-state index contributed by atoms with van der Waals surface area (Å²) in [4.78, 5) is 6.54. The first-order valence-corrected chi connectivity index (χ1v) is 6.41. The molecule has 0 bridgehead atoms. The molecule has 3 heteroatoms. The highest BCUT2D eigenvalue weighted by molar-refractivity contribution is 5.67. The van der Waals surface area contributed by atoms with Crippen LogP contribution in [0, 0.1) is 0 Å². The molecular weight excluding hydrogens is 222 g/mol. The lowest BCUT2D eigenvalue weighted by molar-refractivity contribution is 0.760. The molecule has 0 unspecified atom stereocenters. The fraction of sp³-hybridized carbons (Fsp3) is 0.267. The van der Waals surface area contributed by atoms with Gasteiger partial charge in [0.1, 0.15) is 5.82 Å². The Labute approximate surface area is 107 Å². The maximum atomic E-state index is 5.65. The summed E-state index contributed by atoms with van der Waals surface area (Å²) in [5, 5.41) is 0. The molecule has 0 saturated heterocycles. The van der Waals surface area contributed by atoms with Crippen molar-refractivity contribution in [2.24, 2.45) is 0 Å². The van der Waals surface area contributed by atoms with E-state index in [0.29, 0.717) is 5.82 Å². The second-order valence-electron chi connectivity index (χ2n) is 4.68. The first-order valence-electron chi connectivity index (χ1n) is 6.41. The highest BCUT2D eigenvalue weighted by Gasteiger charge is 2.16. The average molecular weight is 239 g/mol. The van der Waals surface area contributed by atoms with Crippen molar-refractivity contribution in [3.05, 3.63) is 48.2 Å². The minimum absolute atomic E-state index is 0.571. The van der Waals surface area contributed by atoms with E-state index in [1.807, 2.05) is 18.3 Å². The van der Waals surface area contributed by atoms with Crippen LogP contribution < -0.4 is 10.6 Å². The Kier molecular flexibility index (Phi) is 2.89. The standard InChI is InChI=1S/C15H17N3/c16-15-9-8-13(11-17-15)18-10-4-3-6-12-5-1-2-7-14(12)18/h1-2,5,7-9,11H,3-4,6,10H2,(H2,16,17). The molecule has 0 aliphatic carbocycles. The number of hydrogen-bond acceptors (Lipinski definition) is 3. The molecule has 18 heavy (non-hydrogen) atoms. The second kappa shape index (κ2) is 4.69. The number of aryl methyl sites for hydroxylation is 1. The van der Waals surface area contributed by atoms with Gasteiger partial charge in [-0.15, -0.1) is 0 Å². The third kappa shape index (κ3) is 2.04. The van der Waals surface area contributed by atoms with E-state index in [1.165, 1.54) is 24.1 Å². The number of benzene rings is 1. The summed E-state index contributed by atoms with van der Waals surface area (Å²) >= 11 is 0. The average Bonchev–Trinajstić information content (AvgIpc) is 2.62. The molecule has 0 saturated carbocycles. The van der Waals surface area contributed by atoms with Crippen LogP contribution in [-0.4, -0.2) is 11.5 Å². The van der Waals surface area contributed by atoms with E-state index in [1.54, 1.807) is 0 Å². The summed E-state index contributed by atoms with van der Waals surface area (Å²) in [7, 11) is 0. The summed E-state index contributed by atoms with van der Waals surface area (Å²) in [6.45, 7) is 1.04. The second-order valence-corrected chi connectivity index (χ2v) is 4.68. The van der Waals surface area contributed by atoms with Crippen LogP contribution in [0.2, 0.25) is 0 Å². The van der Waals surface area contributed by atoms with E-state index in [4.69, 9.17) is 5.73 Å². The largest absolute Gasteiger partial charge is 0.384 e. The molecule has 0 radical (unpaired) electrons. The van der Waals surface area contributed by atoms with Gasteiger partial charge < -0.3 is 10.6 Å². The molecule has 3 nitrogen and oxygen atoms in total. The molecule has 0 fully saturated rings. The van der Waals surface area contributed by atoms with Crippen molar-refractivity contribution in [2.75, 3.05) is 17.2 Å². The van der Waals surface area contributed by atoms with E-state index >= 15 is 0 Å². The van der Waals surface area contributed by atoms with Crippen molar-refractivity contribution in [1.29, 1.82) is 0 Å². The quantitative estimate of drug-likeness (QED) is 0.831. The molecule has 1 aliphatic heterocycles. The molecule has 0 spiro atoms. The molecule has 2 aromatic rings. The van der Waals surface area contributed by atoms with Gasteiger partial charge in [-0.3, -0.25) is 0 Å². The number of anilines is 3. The van der Waals surface area contributed by atoms with Crippen molar-refractivity contribution >= 4 is 17.2 Å². The zero-order chi connectivity index (χ0) is 12.4. The number of nitrogen functional groups attached to an aromatic ring is 1. The van der Waals surface area contributed by atoms with Gasteiger partial charge in [-0.05, 0) is 43.0 Å². The Hall–Kier alpha value is -2.03. The molecule has 2 N–H and O–H groups in total. The number of rotatable bonds is 1. The van der Waals surface area contributed by atoms with Gasteiger partial charge in [0.15, 0.2) is 0 Å². The molecule has 0 amide bonds. The van der Waals surface area contributed by atoms with Crippen molar-refractivity contribution in [2.45, 2.75) is 19.3 Å². The van der Waals surface area contributed by atoms with E-state index in [0.717, 1.165) is 18.7 Å². The van der Waals surface area contributed by atoms with Gasteiger partial charge in [0.25, 0.3) is 0 Å². The Bertz CT molecular complexity index is 534. The van der Waals surface area contributed by atoms with Crippen LogP contribution in [0.1, 0.15) is 18.4 Å². The third-order valence-electron chi connectivity index (χ3n) is 3.44. The SMILES string of the molecule is Nc1ccc(N2CCCCc3ccccc32)cn1. The Morgan fingerprint density at radius 1 is 1.06 bits per heavy atom. The maximum absolute atomic E-state index is 5.65. The van der Waals surface area contributed by atoms with Crippen LogP contribution in [0.3, 0.4) is 0 Å². The van der Waals surface area contributed by atoms with Crippen molar-refractivity contribution in [3.63, 3.8) is 0 Å². The number of fused-ring (bicyclic) bond motifs is 1. The molecule has 2 heterocycles. The highest BCUT2D eigenvalue weighted by atomic mass is 15.1. The minimum Gasteiger partial charge on any atom is -0.384 e. The van der Waals surface area contributed by atoms with Gasteiger partial charge in [-0.25, -0.2) is 4.98 Å². The van der Waals surface area contributed by atoms with E-state index in [9.17, 15) is 0 Å². The van der Waals surface area contributed by atoms with Gasteiger partial charge in [0.05, 0.1) is 11.9 Å². The first-order chi connectivity index (χ1) is 8.84. The lowest BCUT2D eigenvalue weighted by Gasteiger charge is -2.24. The first kappa shape index (κ1) is 11.1. The normalized spacial score (nSPS) is 15.0. The monoisotopic (exact) mass is 239 g/mol. The fourth-order valence-electron chi connectivity index (χ4n) is 2.52. The van der Waals surface area contributed by atoms with Gasteiger partial charge in [-0.2, -0.15) is 0 Å². The minimum atomic E-state index is 0.571. The van der Waals surface area contributed by atoms with Gasteiger partial charge >= 0.3 is 0 Å².